The zero-order valence-corrected chi connectivity index (χ0v) is 19.1. The molecule has 0 aliphatic carbocycles. The van der Waals surface area contributed by atoms with E-state index in [1.807, 2.05) is 25.1 Å². The number of nitrogens with two attached hydrogens (primary N) is 1. The van der Waals surface area contributed by atoms with E-state index in [1.54, 1.807) is 0 Å². The quantitative estimate of drug-likeness (QED) is 0.438. The number of hydrogen-bond acceptors (Lipinski definition) is 9. The van der Waals surface area contributed by atoms with E-state index in [9.17, 15) is 8.76 Å². The molecule has 4 N–H and O–H groups in total. The highest BCUT2D eigenvalue weighted by atomic mass is 35.5. The normalized spacial score (nSPS) is 16.8. The van der Waals surface area contributed by atoms with Crippen LogP contribution in [0.4, 0.5) is 17.7 Å². The van der Waals surface area contributed by atoms with Crippen molar-refractivity contribution < 1.29 is 8.76 Å². The van der Waals surface area contributed by atoms with E-state index in [4.69, 9.17) is 22.3 Å². The van der Waals surface area contributed by atoms with Crippen LogP contribution in [-0.2, 0) is 11.3 Å². The molecule has 170 valence electrons. The Hall–Kier alpha value is -2.60. The number of nitrogens with zero attached hydrogens (tertiary/aromatic N) is 5. The summed E-state index contributed by atoms with van der Waals surface area (Å²) < 4.78 is 24.1. The first-order valence-corrected chi connectivity index (χ1v) is 11.7. The van der Waals surface area contributed by atoms with Crippen molar-refractivity contribution in [2.24, 2.45) is 5.92 Å². The van der Waals surface area contributed by atoms with Crippen molar-refractivity contribution in [3.8, 4) is 0 Å². The van der Waals surface area contributed by atoms with Crippen LogP contribution in [0.2, 0.25) is 5.02 Å². The Kier molecular flexibility index (Phi) is 6.99. The second-order valence-electron chi connectivity index (χ2n) is 7.79. The minimum Gasteiger partial charge on any atom is -0.760 e. The second-order valence-corrected chi connectivity index (χ2v) is 8.98. The van der Waals surface area contributed by atoms with Crippen LogP contribution in [0.3, 0.4) is 0 Å². The summed E-state index contributed by atoms with van der Waals surface area (Å²) in [7, 11) is 0. The Morgan fingerprint density at radius 3 is 2.78 bits per heavy atom. The molecule has 0 amide bonds. The van der Waals surface area contributed by atoms with Crippen molar-refractivity contribution in [3.05, 3.63) is 41.2 Å². The largest absolute Gasteiger partial charge is 0.760 e. The number of piperidine rings is 1. The van der Waals surface area contributed by atoms with Crippen LogP contribution >= 0.6 is 11.6 Å². The first-order chi connectivity index (χ1) is 15.4. The van der Waals surface area contributed by atoms with Gasteiger partial charge in [-0.3, -0.25) is 4.21 Å². The Morgan fingerprint density at radius 2 is 2.06 bits per heavy atom. The van der Waals surface area contributed by atoms with Crippen molar-refractivity contribution >= 4 is 51.5 Å². The van der Waals surface area contributed by atoms with Gasteiger partial charge in [0.2, 0.25) is 11.9 Å². The molecule has 3 heterocycles. The van der Waals surface area contributed by atoms with Crippen LogP contribution < -0.4 is 20.7 Å². The molecule has 2 unspecified atom stereocenters. The van der Waals surface area contributed by atoms with Crippen LogP contribution in [0, 0.1) is 5.92 Å². The molecule has 4 rings (SSSR count). The van der Waals surface area contributed by atoms with Gasteiger partial charge in [0.15, 0.2) is 0 Å². The maximum Gasteiger partial charge on any atom is 0.227 e. The Bertz CT molecular complexity index is 1130. The second kappa shape index (κ2) is 9.90. The van der Waals surface area contributed by atoms with E-state index >= 15 is 0 Å². The highest BCUT2D eigenvalue weighted by molar-refractivity contribution is 7.77. The van der Waals surface area contributed by atoms with Gasteiger partial charge in [0.1, 0.15) is 12.1 Å². The maximum absolute atomic E-state index is 10.8. The van der Waals surface area contributed by atoms with Crippen molar-refractivity contribution in [2.45, 2.75) is 25.8 Å². The fourth-order valence-corrected chi connectivity index (χ4v) is 4.46. The van der Waals surface area contributed by atoms with Crippen LogP contribution in [0.25, 0.3) is 10.9 Å². The molecule has 0 saturated carbocycles. The Morgan fingerprint density at radius 1 is 1.28 bits per heavy atom. The number of pyridine rings is 1. The minimum atomic E-state index is -2.23. The number of nitrogen functional groups attached to an aromatic ring is 1. The van der Waals surface area contributed by atoms with Gasteiger partial charge in [0.05, 0.1) is 11.6 Å². The number of benzene rings is 1. The molecule has 2 aromatic heterocycles. The van der Waals surface area contributed by atoms with Crippen molar-refractivity contribution in [1.29, 1.82) is 0 Å². The van der Waals surface area contributed by atoms with Crippen molar-refractivity contribution in [3.63, 3.8) is 0 Å². The summed E-state index contributed by atoms with van der Waals surface area (Å²) in [5.74, 6) is 1.71. The van der Waals surface area contributed by atoms with Crippen molar-refractivity contribution in [1.82, 2.24) is 24.7 Å². The molecular weight excluding hydrogens is 452 g/mol. The van der Waals surface area contributed by atoms with E-state index in [2.05, 4.69) is 36.0 Å². The summed E-state index contributed by atoms with van der Waals surface area (Å²) in [5.41, 5.74) is 7.53. The monoisotopic (exact) mass is 475 g/mol. The standard InChI is InChI=1S/C20H25ClN8O2S/c1-12(26-20-24-11-23-19(22)28-20)16-9-14-8-15(21)2-3-17(14)27-18(16)29-6-4-13(5-7-29)10-25-32(30)31/h2-3,8-9,11-13,25H,4-7,10H2,1H3,(H,30,31)(H3,22,23,24,26,28)/p-1. The van der Waals surface area contributed by atoms with Crippen LogP contribution in [-0.4, -0.2) is 48.3 Å². The lowest BCUT2D eigenvalue weighted by Crippen LogP contribution is -2.38. The lowest BCUT2D eigenvalue weighted by atomic mass is 9.96. The zero-order valence-electron chi connectivity index (χ0n) is 17.5. The summed E-state index contributed by atoms with van der Waals surface area (Å²) >= 11 is 3.98. The summed E-state index contributed by atoms with van der Waals surface area (Å²) in [5, 5.41) is 4.87. The molecule has 1 aliphatic rings. The third-order valence-electron chi connectivity index (χ3n) is 5.59. The lowest BCUT2D eigenvalue weighted by molar-refractivity contribution is 0.397. The summed E-state index contributed by atoms with van der Waals surface area (Å²) in [6, 6.07) is 7.56. The number of halogens is 1. The van der Waals surface area contributed by atoms with Gasteiger partial charge < -0.3 is 20.5 Å². The first kappa shape index (κ1) is 22.6. The molecule has 12 heteroatoms. The minimum absolute atomic E-state index is 0.146. The fraction of sp³-hybridized carbons (Fsp3) is 0.400. The zero-order chi connectivity index (χ0) is 22.7. The highest BCUT2D eigenvalue weighted by Crippen LogP contribution is 2.33. The summed E-state index contributed by atoms with van der Waals surface area (Å²) in [4.78, 5) is 19.3. The van der Waals surface area contributed by atoms with Crippen LogP contribution in [0.5, 0.6) is 0 Å². The average Bonchev–Trinajstić information content (AvgIpc) is 2.77. The van der Waals surface area contributed by atoms with Gasteiger partial charge in [0.25, 0.3) is 0 Å². The molecule has 2 atom stereocenters. The first-order valence-electron chi connectivity index (χ1n) is 10.3. The molecule has 1 fully saturated rings. The Balaban J connectivity index is 1.62. The molecule has 1 aromatic carbocycles. The van der Waals surface area contributed by atoms with E-state index in [0.29, 0.717) is 23.4 Å². The average molecular weight is 476 g/mol. The van der Waals surface area contributed by atoms with Gasteiger partial charge in [-0.1, -0.05) is 11.6 Å². The SMILES string of the molecule is CC(Nc1ncnc(N)n1)c1cc2cc(Cl)ccc2nc1N1CCC(CNS(=O)[O-])CC1. The molecule has 1 aliphatic heterocycles. The topological polar surface area (TPSA) is 145 Å². The third kappa shape index (κ3) is 5.41. The van der Waals surface area contributed by atoms with E-state index in [0.717, 1.165) is 48.2 Å². The Labute approximate surface area is 193 Å². The van der Waals surface area contributed by atoms with E-state index < -0.39 is 11.3 Å². The molecule has 32 heavy (non-hydrogen) atoms. The van der Waals surface area contributed by atoms with Gasteiger partial charge in [-0.25, -0.2) is 19.7 Å². The fourth-order valence-electron chi connectivity index (χ4n) is 3.91. The predicted octanol–water partition coefficient (Wildman–Crippen LogP) is 2.43. The highest BCUT2D eigenvalue weighted by Gasteiger charge is 2.24. The lowest BCUT2D eigenvalue weighted by Gasteiger charge is -2.35. The predicted molar refractivity (Wildman–Crippen MR) is 125 cm³/mol. The molecule has 0 spiro atoms. The molecular formula is C20H24ClN8O2S-. The van der Waals surface area contributed by atoms with Crippen LogP contribution in [0.15, 0.2) is 30.6 Å². The molecule has 3 aromatic rings. The molecule has 10 nitrogen and oxygen atoms in total. The molecule has 0 bridgehead atoms. The van der Waals surface area contributed by atoms with Gasteiger partial charge >= 0.3 is 0 Å². The third-order valence-corrected chi connectivity index (χ3v) is 6.23. The molecule has 1 saturated heterocycles. The van der Waals surface area contributed by atoms with Crippen molar-refractivity contribution in [2.75, 3.05) is 35.6 Å². The van der Waals surface area contributed by atoms with Crippen LogP contribution in [0.1, 0.15) is 31.4 Å². The smallest absolute Gasteiger partial charge is 0.227 e. The summed E-state index contributed by atoms with van der Waals surface area (Å²) in [6.45, 7) is 4.03. The van der Waals surface area contributed by atoms with Gasteiger partial charge in [-0.05, 0) is 49.9 Å². The summed E-state index contributed by atoms with van der Waals surface area (Å²) in [6.07, 6.45) is 3.11. The van der Waals surface area contributed by atoms with Gasteiger partial charge in [-0.2, -0.15) is 4.98 Å². The number of rotatable bonds is 7. The number of hydrogen-bond donors (Lipinski definition) is 3. The number of aromatic nitrogens is 4. The van der Waals surface area contributed by atoms with Gasteiger partial charge in [0, 0.05) is 46.9 Å². The number of nitrogens with one attached hydrogen (secondary N) is 2. The van der Waals surface area contributed by atoms with Gasteiger partial charge in [-0.15, -0.1) is 0 Å². The molecule has 0 radical (unpaired) electrons. The number of anilines is 3. The van der Waals surface area contributed by atoms with E-state index in [1.165, 1.54) is 6.33 Å². The number of fused-ring (bicyclic) bond motifs is 1. The maximum atomic E-state index is 10.8. The van der Waals surface area contributed by atoms with E-state index in [-0.39, 0.29) is 12.0 Å².